The van der Waals surface area contributed by atoms with E-state index in [-0.39, 0.29) is 22.9 Å². The first-order valence-corrected chi connectivity index (χ1v) is 14.1. The van der Waals surface area contributed by atoms with Crippen LogP contribution in [0.4, 0.5) is 0 Å². The van der Waals surface area contributed by atoms with Gasteiger partial charge in [-0.15, -0.1) is 0 Å². The molecule has 34 heavy (non-hydrogen) atoms. The largest absolute Gasteiger partial charge is 0.457 e. The minimum Gasteiger partial charge on any atom is -0.457 e. The van der Waals surface area contributed by atoms with Crippen molar-refractivity contribution in [1.82, 2.24) is 13.9 Å². The Morgan fingerprint density at radius 3 is 2.38 bits per heavy atom. The van der Waals surface area contributed by atoms with E-state index in [2.05, 4.69) is 0 Å². The predicted octanol–water partition coefficient (Wildman–Crippen LogP) is 3.34. The smallest absolute Gasteiger partial charge is 0.312 e. The van der Waals surface area contributed by atoms with E-state index >= 15 is 0 Å². The minimum absolute atomic E-state index is 0.0584. The number of aryl methyl sites for hydroxylation is 1. The average Bonchev–Trinajstić information content (AvgIpc) is 3.19. The number of nitrogens with zero attached hydrogens (tertiary/aromatic N) is 3. The van der Waals surface area contributed by atoms with Crippen LogP contribution in [0.15, 0.2) is 23.1 Å². The number of esters is 1. The van der Waals surface area contributed by atoms with Gasteiger partial charge in [-0.05, 0) is 81.4 Å². The van der Waals surface area contributed by atoms with Crippen molar-refractivity contribution >= 4 is 27.0 Å². The number of carbonyl (C=O) groups is 1. The highest BCUT2D eigenvalue weighted by Crippen LogP contribution is 2.60. The molecule has 1 aliphatic heterocycles. The fraction of sp³-hybridized carbons (Fsp3) is 0.680. The van der Waals surface area contributed by atoms with Gasteiger partial charge in [0.2, 0.25) is 10.0 Å². The number of hydrogen-bond acceptors (Lipinski definition) is 6. The number of hydrogen-bond donors (Lipinski definition) is 0. The van der Waals surface area contributed by atoms with Gasteiger partial charge >= 0.3 is 5.97 Å². The monoisotopic (exact) mass is 487 g/mol. The van der Waals surface area contributed by atoms with E-state index < -0.39 is 10.0 Å². The number of aromatic nitrogens is 2. The topological polar surface area (TPSA) is 90.7 Å². The number of imidazole rings is 1. The molecule has 5 aliphatic rings. The Labute approximate surface area is 200 Å². The average molecular weight is 488 g/mol. The number of rotatable bonds is 6. The summed E-state index contributed by atoms with van der Waals surface area (Å²) < 4.78 is 40.8. The maximum absolute atomic E-state index is 13.3. The molecule has 4 saturated carbocycles. The van der Waals surface area contributed by atoms with Gasteiger partial charge < -0.3 is 14.0 Å². The first-order valence-electron chi connectivity index (χ1n) is 12.6. The predicted molar refractivity (Wildman–Crippen MR) is 125 cm³/mol. The Hall–Kier alpha value is -1.97. The molecule has 7 rings (SSSR count). The van der Waals surface area contributed by atoms with Crippen LogP contribution in [0.3, 0.4) is 0 Å². The van der Waals surface area contributed by atoms with E-state index in [9.17, 15) is 13.2 Å². The van der Waals surface area contributed by atoms with Crippen LogP contribution in [-0.4, -0.2) is 54.5 Å². The van der Waals surface area contributed by atoms with Gasteiger partial charge in [0.25, 0.3) is 0 Å². The van der Waals surface area contributed by atoms with Gasteiger partial charge in [0.15, 0.2) is 0 Å². The molecule has 4 bridgehead atoms. The summed E-state index contributed by atoms with van der Waals surface area (Å²) in [5.74, 6) is 2.66. The SMILES string of the molecule is CCn1c(COC(=O)C23CC4CC(CC(C4)C2)C3)nc2cc(S(=O)(=O)N3CCOCC3)ccc21. The van der Waals surface area contributed by atoms with E-state index in [0.717, 1.165) is 24.8 Å². The summed E-state index contributed by atoms with van der Waals surface area (Å²) in [5, 5.41) is 0. The molecule has 2 aromatic rings. The molecular formula is C25H33N3O5S. The van der Waals surface area contributed by atoms with Crippen molar-refractivity contribution in [3.8, 4) is 0 Å². The van der Waals surface area contributed by atoms with Crippen LogP contribution in [0.2, 0.25) is 0 Å². The molecule has 1 saturated heterocycles. The first kappa shape index (κ1) is 22.5. The molecule has 184 valence electrons. The van der Waals surface area contributed by atoms with Gasteiger partial charge in [-0.2, -0.15) is 4.31 Å². The Morgan fingerprint density at radius 1 is 1.12 bits per heavy atom. The van der Waals surface area contributed by atoms with E-state index in [0.29, 0.717) is 61.9 Å². The van der Waals surface area contributed by atoms with Crippen molar-refractivity contribution in [3.05, 3.63) is 24.0 Å². The van der Waals surface area contributed by atoms with Crippen LogP contribution in [0.5, 0.6) is 0 Å². The Balaban J connectivity index is 1.23. The fourth-order valence-corrected chi connectivity index (χ4v) is 8.79. The zero-order valence-corrected chi connectivity index (χ0v) is 20.6. The molecule has 5 fully saturated rings. The first-order chi connectivity index (χ1) is 16.4. The number of benzene rings is 1. The van der Waals surface area contributed by atoms with Crippen LogP contribution >= 0.6 is 0 Å². The summed E-state index contributed by atoms with van der Waals surface area (Å²) in [4.78, 5) is 18.2. The maximum Gasteiger partial charge on any atom is 0.312 e. The van der Waals surface area contributed by atoms with Crippen molar-refractivity contribution in [2.45, 2.75) is 63.5 Å². The fourth-order valence-electron chi connectivity index (χ4n) is 7.36. The number of fused-ring (bicyclic) bond motifs is 1. The second-order valence-corrected chi connectivity index (χ2v) is 12.7. The molecule has 0 unspecified atom stereocenters. The van der Waals surface area contributed by atoms with Crippen LogP contribution in [-0.2, 0) is 37.4 Å². The lowest BCUT2D eigenvalue weighted by molar-refractivity contribution is -0.173. The van der Waals surface area contributed by atoms with Crippen molar-refractivity contribution in [2.75, 3.05) is 26.3 Å². The molecule has 4 aliphatic carbocycles. The zero-order valence-electron chi connectivity index (χ0n) is 19.7. The molecule has 0 N–H and O–H groups in total. The van der Waals surface area contributed by atoms with Gasteiger partial charge in [-0.3, -0.25) is 4.79 Å². The number of morpholine rings is 1. The summed E-state index contributed by atoms with van der Waals surface area (Å²) >= 11 is 0. The van der Waals surface area contributed by atoms with Gasteiger partial charge in [0.1, 0.15) is 12.4 Å². The molecule has 9 heteroatoms. The second-order valence-electron chi connectivity index (χ2n) is 10.7. The maximum atomic E-state index is 13.3. The highest BCUT2D eigenvalue weighted by molar-refractivity contribution is 7.89. The van der Waals surface area contributed by atoms with Gasteiger partial charge in [-0.25, -0.2) is 13.4 Å². The summed E-state index contributed by atoms with van der Waals surface area (Å²) in [7, 11) is -3.60. The minimum atomic E-state index is -3.60. The molecule has 0 radical (unpaired) electrons. The highest BCUT2D eigenvalue weighted by Gasteiger charge is 2.55. The lowest BCUT2D eigenvalue weighted by Crippen LogP contribution is -2.50. The van der Waals surface area contributed by atoms with Crippen molar-refractivity contribution in [1.29, 1.82) is 0 Å². The highest BCUT2D eigenvalue weighted by atomic mass is 32.2. The summed E-state index contributed by atoms with van der Waals surface area (Å²) in [6, 6.07) is 5.09. The molecule has 1 aromatic heterocycles. The van der Waals surface area contributed by atoms with Crippen molar-refractivity contribution in [3.63, 3.8) is 0 Å². The Kier molecular flexibility index (Phi) is 5.50. The molecule has 1 aromatic carbocycles. The Bertz CT molecular complexity index is 1180. The van der Waals surface area contributed by atoms with Gasteiger partial charge in [0, 0.05) is 19.6 Å². The molecule has 8 nitrogen and oxygen atoms in total. The second kappa shape index (κ2) is 8.31. The third kappa shape index (κ3) is 3.67. The van der Waals surface area contributed by atoms with E-state index in [4.69, 9.17) is 14.5 Å². The van der Waals surface area contributed by atoms with E-state index in [1.807, 2.05) is 17.6 Å². The lowest BCUT2D eigenvalue weighted by Gasteiger charge is -2.55. The molecule has 0 atom stereocenters. The number of carbonyl (C=O) groups excluding carboxylic acids is 1. The van der Waals surface area contributed by atoms with Crippen LogP contribution in [0.25, 0.3) is 11.0 Å². The molecule has 2 heterocycles. The zero-order chi connectivity index (χ0) is 23.5. The third-order valence-corrected chi connectivity index (χ3v) is 10.4. The van der Waals surface area contributed by atoms with Crippen LogP contribution in [0, 0.1) is 23.2 Å². The van der Waals surface area contributed by atoms with Gasteiger partial charge in [0.05, 0.1) is 34.6 Å². The summed E-state index contributed by atoms with van der Waals surface area (Å²) in [5.41, 5.74) is 1.17. The van der Waals surface area contributed by atoms with Crippen molar-refractivity contribution in [2.24, 2.45) is 23.2 Å². The van der Waals surface area contributed by atoms with E-state index in [1.165, 1.54) is 23.6 Å². The normalized spacial score (nSPS) is 31.3. The van der Waals surface area contributed by atoms with Crippen molar-refractivity contribution < 1.29 is 22.7 Å². The molecular weight excluding hydrogens is 454 g/mol. The standard InChI is InChI=1S/C25H33N3O5S/c1-2-28-22-4-3-20(34(30,31)27-5-7-32-8-6-27)12-21(22)26-23(28)16-33-24(29)25-13-17-9-18(14-25)11-19(10-17)15-25/h3-4,12,17-19H,2,5-11,13-16H2,1H3. The third-order valence-electron chi connectivity index (χ3n) is 8.53. The quantitative estimate of drug-likeness (QED) is 0.581. The van der Waals surface area contributed by atoms with E-state index in [1.54, 1.807) is 12.1 Å². The molecule has 0 spiro atoms. The summed E-state index contributed by atoms with van der Waals surface area (Å²) in [6.07, 6.45) is 6.79. The molecule has 0 amide bonds. The van der Waals surface area contributed by atoms with Gasteiger partial charge in [-0.1, -0.05) is 0 Å². The Morgan fingerprint density at radius 2 is 1.76 bits per heavy atom. The number of ether oxygens (including phenoxy) is 2. The van der Waals surface area contributed by atoms with Crippen LogP contribution < -0.4 is 0 Å². The lowest BCUT2D eigenvalue weighted by atomic mass is 9.49. The van der Waals surface area contributed by atoms with Crippen LogP contribution in [0.1, 0.15) is 51.3 Å². The summed E-state index contributed by atoms with van der Waals surface area (Å²) in [6.45, 7) is 4.33. The number of sulfonamides is 1.